The van der Waals surface area contributed by atoms with Crippen LogP contribution in [-0.2, 0) is 0 Å². The molecule has 1 N–H and O–H groups in total. The average molecular weight is 386 g/mol. The lowest BCUT2D eigenvalue weighted by Crippen LogP contribution is -2.41. The molecule has 26 heavy (non-hydrogen) atoms. The van der Waals surface area contributed by atoms with E-state index in [1.165, 1.54) is 0 Å². The third-order valence-electron chi connectivity index (χ3n) is 4.25. The highest BCUT2D eigenvalue weighted by Gasteiger charge is 2.25. The van der Waals surface area contributed by atoms with Crippen LogP contribution in [-0.4, -0.2) is 37.8 Å². The Balaban J connectivity index is 0.00000243. The van der Waals surface area contributed by atoms with E-state index in [1.54, 1.807) is 43.8 Å². The summed E-state index contributed by atoms with van der Waals surface area (Å²) in [6.45, 7) is -0.975. The van der Waals surface area contributed by atoms with Gasteiger partial charge in [0.1, 0.15) is 17.2 Å². The number of ether oxygens (including phenoxy) is 2. The van der Waals surface area contributed by atoms with Gasteiger partial charge < -0.3 is 19.7 Å². The first-order valence-corrected chi connectivity index (χ1v) is 8.22. The van der Waals surface area contributed by atoms with E-state index in [4.69, 9.17) is 4.74 Å². The smallest absolute Gasteiger partial charge is 0.387 e. The fourth-order valence-electron chi connectivity index (χ4n) is 3.13. The maximum atomic E-state index is 12.4. The van der Waals surface area contributed by atoms with Gasteiger partial charge in [-0.1, -0.05) is 0 Å². The Kier molecular flexibility index (Phi) is 7.41. The number of halogens is 3. The van der Waals surface area contributed by atoms with Crippen molar-refractivity contribution >= 4 is 23.8 Å². The van der Waals surface area contributed by atoms with Gasteiger partial charge in [0.25, 0.3) is 0 Å². The molecular formula is C18H22ClF2N3O2. The summed E-state index contributed by atoms with van der Waals surface area (Å²) in [5.41, 5.74) is 1.75. The molecule has 0 aliphatic carbocycles. The van der Waals surface area contributed by atoms with Crippen LogP contribution in [0.5, 0.6) is 11.5 Å². The molecule has 1 fully saturated rings. The van der Waals surface area contributed by atoms with Gasteiger partial charge in [-0.25, -0.2) is 0 Å². The number of nitrogens with zero attached hydrogens (tertiary/aromatic N) is 2. The maximum absolute atomic E-state index is 12.4. The second-order valence-corrected chi connectivity index (χ2v) is 5.77. The number of hydrogen-bond acceptors (Lipinski definition) is 5. The summed E-state index contributed by atoms with van der Waals surface area (Å²) in [6.07, 6.45) is 5.38. The van der Waals surface area contributed by atoms with E-state index in [0.29, 0.717) is 0 Å². The van der Waals surface area contributed by atoms with Gasteiger partial charge in [-0.2, -0.15) is 8.78 Å². The number of benzene rings is 1. The van der Waals surface area contributed by atoms with Crippen LogP contribution in [0.25, 0.3) is 0 Å². The molecule has 0 unspecified atom stereocenters. The summed E-state index contributed by atoms with van der Waals surface area (Å²) < 4.78 is 34.7. The molecule has 0 radical (unpaired) electrons. The molecule has 1 saturated heterocycles. The quantitative estimate of drug-likeness (QED) is 0.814. The molecule has 1 aromatic carbocycles. The van der Waals surface area contributed by atoms with Gasteiger partial charge in [0.2, 0.25) is 0 Å². The van der Waals surface area contributed by atoms with Gasteiger partial charge in [0.15, 0.2) is 0 Å². The number of pyridine rings is 1. The zero-order chi connectivity index (χ0) is 17.6. The number of rotatable bonds is 6. The lowest BCUT2D eigenvalue weighted by molar-refractivity contribution is -0.0498. The van der Waals surface area contributed by atoms with Crippen molar-refractivity contribution < 1.29 is 18.3 Å². The second-order valence-electron chi connectivity index (χ2n) is 5.77. The number of nitrogens with one attached hydrogen (secondary N) is 1. The zero-order valence-electron chi connectivity index (χ0n) is 14.4. The van der Waals surface area contributed by atoms with Crippen LogP contribution >= 0.6 is 12.4 Å². The van der Waals surface area contributed by atoms with Crippen LogP contribution in [0.3, 0.4) is 0 Å². The number of alkyl halides is 2. The SMILES string of the molecule is COc1ccncc1N(c1ccc(OC(F)F)cc1)C1CCNCC1.Cl. The molecule has 1 aliphatic rings. The Morgan fingerprint density at radius 3 is 2.46 bits per heavy atom. The highest BCUT2D eigenvalue weighted by Crippen LogP contribution is 2.37. The molecule has 2 aromatic rings. The lowest BCUT2D eigenvalue weighted by Gasteiger charge is -2.37. The lowest BCUT2D eigenvalue weighted by atomic mass is 10.0. The number of anilines is 2. The van der Waals surface area contributed by atoms with Crippen LogP contribution in [0.15, 0.2) is 42.7 Å². The highest BCUT2D eigenvalue weighted by molar-refractivity contribution is 5.85. The molecule has 3 rings (SSSR count). The Hall–Kier alpha value is -2.12. The van der Waals surface area contributed by atoms with Crippen LogP contribution in [0.1, 0.15) is 12.8 Å². The van der Waals surface area contributed by atoms with Crippen molar-refractivity contribution in [3.63, 3.8) is 0 Å². The third kappa shape index (κ3) is 4.74. The van der Waals surface area contributed by atoms with E-state index in [-0.39, 0.29) is 24.2 Å². The van der Waals surface area contributed by atoms with Crippen LogP contribution in [0.2, 0.25) is 0 Å². The summed E-state index contributed by atoms with van der Waals surface area (Å²) in [6, 6.07) is 8.76. The molecule has 5 nitrogen and oxygen atoms in total. The molecule has 0 amide bonds. The van der Waals surface area contributed by atoms with Gasteiger partial charge in [-0.3, -0.25) is 4.98 Å². The maximum Gasteiger partial charge on any atom is 0.387 e. The first-order chi connectivity index (χ1) is 12.2. The predicted molar refractivity (Wildman–Crippen MR) is 99.1 cm³/mol. The molecular weight excluding hydrogens is 364 g/mol. The Morgan fingerprint density at radius 1 is 1.15 bits per heavy atom. The second kappa shape index (κ2) is 9.54. The molecule has 0 bridgehead atoms. The fourth-order valence-corrected chi connectivity index (χ4v) is 3.13. The minimum absolute atomic E-state index is 0. The molecule has 0 saturated carbocycles. The number of methoxy groups -OCH3 is 1. The van der Waals surface area contributed by atoms with Crippen molar-refractivity contribution in [3.8, 4) is 11.5 Å². The Bertz CT molecular complexity index is 682. The number of hydrogen-bond donors (Lipinski definition) is 1. The van der Waals surface area contributed by atoms with E-state index in [9.17, 15) is 8.78 Å². The topological polar surface area (TPSA) is 46.6 Å². The Labute approximate surface area is 157 Å². The molecule has 1 aromatic heterocycles. The van der Waals surface area contributed by atoms with Gasteiger partial charge in [0, 0.05) is 24.0 Å². The van der Waals surface area contributed by atoms with Crippen molar-refractivity contribution in [2.45, 2.75) is 25.5 Å². The summed E-state index contributed by atoms with van der Waals surface area (Å²) in [7, 11) is 1.62. The zero-order valence-corrected chi connectivity index (χ0v) is 15.2. The molecule has 0 spiro atoms. The van der Waals surface area contributed by atoms with Crippen molar-refractivity contribution in [1.82, 2.24) is 10.3 Å². The van der Waals surface area contributed by atoms with Gasteiger partial charge in [-0.05, 0) is 50.2 Å². The standard InChI is InChI=1S/C18H21F2N3O2.ClH/c1-24-17-8-11-22-12-16(17)23(14-6-9-21-10-7-14)13-2-4-15(5-3-13)25-18(19)20;/h2-5,8,11-12,14,18,21H,6-7,9-10H2,1H3;1H. The first-order valence-electron chi connectivity index (χ1n) is 8.22. The summed E-state index contributed by atoms with van der Waals surface area (Å²) in [5, 5.41) is 3.35. The molecule has 2 heterocycles. The summed E-state index contributed by atoms with van der Waals surface area (Å²) >= 11 is 0. The number of piperidine rings is 1. The monoisotopic (exact) mass is 385 g/mol. The van der Waals surface area contributed by atoms with E-state index in [2.05, 4.69) is 19.9 Å². The molecule has 1 aliphatic heterocycles. The van der Waals surface area contributed by atoms with Gasteiger partial charge in [0.05, 0.1) is 13.3 Å². The van der Waals surface area contributed by atoms with Crippen molar-refractivity contribution in [2.24, 2.45) is 0 Å². The van der Waals surface area contributed by atoms with Gasteiger partial charge in [-0.15, -0.1) is 12.4 Å². The van der Waals surface area contributed by atoms with E-state index >= 15 is 0 Å². The molecule has 0 atom stereocenters. The normalized spacial score (nSPS) is 14.6. The third-order valence-corrected chi connectivity index (χ3v) is 4.25. The fraction of sp³-hybridized carbons (Fsp3) is 0.389. The van der Waals surface area contributed by atoms with E-state index < -0.39 is 6.61 Å². The highest BCUT2D eigenvalue weighted by atomic mass is 35.5. The van der Waals surface area contributed by atoms with Crippen molar-refractivity contribution in [2.75, 3.05) is 25.1 Å². The van der Waals surface area contributed by atoms with E-state index in [0.717, 1.165) is 43.1 Å². The molecule has 142 valence electrons. The average Bonchev–Trinajstić information content (AvgIpc) is 2.64. The van der Waals surface area contributed by atoms with Crippen molar-refractivity contribution in [3.05, 3.63) is 42.7 Å². The first kappa shape index (κ1) is 20.2. The van der Waals surface area contributed by atoms with Crippen LogP contribution in [0.4, 0.5) is 20.2 Å². The number of aromatic nitrogens is 1. The summed E-state index contributed by atoms with van der Waals surface area (Å²) in [4.78, 5) is 6.40. The van der Waals surface area contributed by atoms with Crippen LogP contribution < -0.4 is 19.7 Å². The Morgan fingerprint density at radius 2 is 1.85 bits per heavy atom. The van der Waals surface area contributed by atoms with Crippen LogP contribution in [0, 0.1) is 0 Å². The van der Waals surface area contributed by atoms with Crippen molar-refractivity contribution in [1.29, 1.82) is 0 Å². The minimum Gasteiger partial charge on any atom is -0.494 e. The molecule has 8 heteroatoms. The predicted octanol–water partition coefficient (Wildman–Crippen LogP) is 4.00. The minimum atomic E-state index is -2.83. The summed E-state index contributed by atoms with van der Waals surface area (Å²) in [5.74, 6) is 0.864. The van der Waals surface area contributed by atoms with E-state index in [1.807, 2.05) is 6.07 Å². The largest absolute Gasteiger partial charge is 0.494 e. The van der Waals surface area contributed by atoms with Gasteiger partial charge >= 0.3 is 6.61 Å².